The molecule has 1 saturated heterocycles. The van der Waals surface area contributed by atoms with Crippen LogP contribution in [0.3, 0.4) is 0 Å². The second-order valence-electron chi connectivity index (χ2n) is 3.38. The van der Waals surface area contributed by atoms with E-state index in [1.54, 1.807) is 0 Å². The molecule has 4 nitrogen and oxygen atoms in total. The number of rotatable bonds is 2. The van der Waals surface area contributed by atoms with E-state index in [-0.39, 0.29) is 11.9 Å². The topological polar surface area (TPSA) is 49.4 Å². The van der Waals surface area contributed by atoms with Gasteiger partial charge in [0.2, 0.25) is 5.91 Å². The number of nitrogens with zero attached hydrogens (tertiary/aromatic N) is 1. The van der Waals surface area contributed by atoms with Crippen LogP contribution < -0.4 is 5.32 Å². The monoisotopic (exact) mass is 170 g/mol. The summed E-state index contributed by atoms with van der Waals surface area (Å²) in [7, 11) is 0. The lowest BCUT2D eigenvalue weighted by Crippen LogP contribution is -2.34. The first-order chi connectivity index (χ1) is 5.61. The molecule has 68 valence electrons. The van der Waals surface area contributed by atoms with Gasteiger partial charge in [-0.25, -0.2) is 4.79 Å². The van der Waals surface area contributed by atoms with Gasteiger partial charge in [0.05, 0.1) is 0 Å². The van der Waals surface area contributed by atoms with Crippen LogP contribution >= 0.6 is 0 Å². The van der Waals surface area contributed by atoms with E-state index >= 15 is 0 Å². The van der Waals surface area contributed by atoms with E-state index in [4.69, 9.17) is 0 Å². The zero-order valence-corrected chi connectivity index (χ0v) is 7.46. The molecule has 1 fully saturated rings. The molecule has 0 aliphatic carbocycles. The zero-order valence-electron chi connectivity index (χ0n) is 7.46. The maximum Gasteiger partial charge on any atom is 0.324 e. The first kappa shape index (κ1) is 9.03. The van der Waals surface area contributed by atoms with Crippen LogP contribution in [-0.2, 0) is 4.79 Å². The molecule has 1 N–H and O–H groups in total. The summed E-state index contributed by atoms with van der Waals surface area (Å²) in [4.78, 5) is 23.6. The molecule has 0 atom stereocenters. The Morgan fingerprint density at radius 1 is 1.67 bits per heavy atom. The fraction of sp³-hybridized carbons (Fsp3) is 0.750. The number of urea groups is 1. The van der Waals surface area contributed by atoms with E-state index in [1.165, 1.54) is 4.90 Å². The van der Waals surface area contributed by atoms with Gasteiger partial charge in [0, 0.05) is 19.5 Å². The Balaban J connectivity index is 2.46. The first-order valence-corrected chi connectivity index (χ1v) is 4.19. The van der Waals surface area contributed by atoms with Gasteiger partial charge in [-0.05, 0) is 5.92 Å². The molecule has 1 heterocycles. The van der Waals surface area contributed by atoms with Gasteiger partial charge in [-0.2, -0.15) is 0 Å². The molecule has 1 rings (SSSR count). The normalized spacial score (nSPS) is 16.9. The van der Waals surface area contributed by atoms with Crippen LogP contribution in [0.1, 0.15) is 20.3 Å². The van der Waals surface area contributed by atoms with E-state index in [9.17, 15) is 9.59 Å². The summed E-state index contributed by atoms with van der Waals surface area (Å²) in [5, 5.41) is 2.59. The Morgan fingerprint density at radius 2 is 2.33 bits per heavy atom. The smallest absolute Gasteiger partial charge is 0.324 e. The molecule has 0 bridgehead atoms. The third-order valence-corrected chi connectivity index (χ3v) is 1.74. The van der Waals surface area contributed by atoms with Crippen LogP contribution in [0.15, 0.2) is 0 Å². The van der Waals surface area contributed by atoms with E-state index in [2.05, 4.69) is 5.32 Å². The third-order valence-electron chi connectivity index (χ3n) is 1.74. The molecule has 1 aliphatic heterocycles. The highest BCUT2D eigenvalue weighted by Crippen LogP contribution is 2.06. The minimum Gasteiger partial charge on any atom is -0.336 e. The standard InChI is InChI=1S/C8H14N2O2/c1-6(2)5-7(11)10-4-3-9-8(10)12/h6H,3-5H2,1-2H3,(H,9,12). The van der Waals surface area contributed by atoms with Crippen molar-refractivity contribution in [3.05, 3.63) is 0 Å². The fourth-order valence-electron chi connectivity index (χ4n) is 1.17. The molecule has 1 aliphatic rings. The van der Waals surface area contributed by atoms with Crippen molar-refractivity contribution < 1.29 is 9.59 Å². The van der Waals surface area contributed by atoms with Crippen LogP contribution in [0.25, 0.3) is 0 Å². The molecule has 0 unspecified atom stereocenters. The first-order valence-electron chi connectivity index (χ1n) is 4.19. The summed E-state index contributed by atoms with van der Waals surface area (Å²) in [6.07, 6.45) is 0.452. The number of hydrogen-bond donors (Lipinski definition) is 1. The van der Waals surface area contributed by atoms with E-state index in [0.29, 0.717) is 25.4 Å². The average molecular weight is 170 g/mol. The van der Waals surface area contributed by atoms with Crippen molar-refractivity contribution in [2.24, 2.45) is 5.92 Å². The number of carbonyl (C=O) groups excluding carboxylic acids is 2. The van der Waals surface area contributed by atoms with E-state index in [0.717, 1.165) is 0 Å². The summed E-state index contributed by atoms with van der Waals surface area (Å²) in [6.45, 7) is 5.03. The summed E-state index contributed by atoms with van der Waals surface area (Å²) in [6, 6.07) is -0.249. The minimum atomic E-state index is -0.249. The summed E-state index contributed by atoms with van der Waals surface area (Å²) < 4.78 is 0. The molecular weight excluding hydrogens is 156 g/mol. The predicted molar refractivity (Wildman–Crippen MR) is 44.6 cm³/mol. The van der Waals surface area contributed by atoms with E-state index in [1.807, 2.05) is 13.8 Å². The molecule has 0 saturated carbocycles. The highest BCUT2D eigenvalue weighted by atomic mass is 16.2. The van der Waals surface area contributed by atoms with Gasteiger partial charge in [-0.3, -0.25) is 9.69 Å². The predicted octanol–water partition coefficient (Wildman–Crippen LogP) is 0.584. The highest BCUT2D eigenvalue weighted by molar-refractivity contribution is 5.95. The lowest BCUT2D eigenvalue weighted by atomic mass is 10.1. The molecule has 12 heavy (non-hydrogen) atoms. The van der Waals surface area contributed by atoms with Gasteiger partial charge in [0.25, 0.3) is 0 Å². The Kier molecular flexibility index (Phi) is 2.68. The number of imide groups is 1. The lowest BCUT2D eigenvalue weighted by molar-refractivity contribution is -0.128. The quantitative estimate of drug-likeness (QED) is 0.659. The molecule has 3 amide bonds. The molecule has 0 aromatic rings. The molecule has 0 spiro atoms. The van der Waals surface area contributed by atoms with Crippen molar-refractivity contribution in [3.63, 3.8) is 0 Å². The van der Waals surface area contributed by atoms with Crippen molar-refractivity contribution >= 4 is 11.9 Å². The Labute approximate surface area is 71.9 Å². The minimum absolute atomic E-state index is 0.0694. The second kappa shape index (κ2) is 3.56. The van der Waals surface area contributed by atoms with Gasteiger partial charge in [-0.1, -0.05) is 13.8 Å². The van der Waals surface area contributed by atoms with Crippen molar-refractivity contribution in [1.29, 1.82) is 0 Å². The Morgan fingerprint density at radius 3 is 2.75 bits per heavy atom. The number of carbonyl (C=O) groups is 2. The van der Waals surface area contributed by atoms with Crippen LogP contribution in [0, 0.1) is 5.92 Å². The van der Waals surface area contributed by atoms with Crippen LogP contribution in [0.5, 0.6) is 0 Å². The van der Waals surface area contributed by atoms with Gasteiger partial charge in [0.15, 0.2) is 0 Å². The van der Waals surface area contributed by atoms with Gasteiger partial charge < -0.3 is 5.32 Å². The zero-order chi connectivity index (χ0) is 9.14. The van der Waals surface area contributed by atoms with Crippen molar-refractivity contribution in [3.8, 4) is 0 Å². The molecule has 0 aromatic carbocycles. The lowest BCUT2D eigenvalue weighted by Gasteiger charge is -2.12. The Hall–Kier alpha value is -1.06. The number of nitrogens with one attached hydrogen (secondary N) is 1. The fourth-order valence-corrected chi connectivity index (χ4v) is 1.17. The summed E-state index contributed by atoms with van der Waals surface area (Å²) >= 11 is 0. The highest BCUT2D eigenvalue weighted by Gasteiger charge is 2.25. The maximum absolute atomic E-state index is 11.3. The van der Waals surface area contributed by atoms with Crippen molar-refractivity contribution in [1.82, 2.24) is 10.2 Å². The summed E-state index contributed by atoms with van der Waals surface area (Å²) in [5.74, 6) is 0.242. The van der Waals surface area contributed by atoms with Gasteiger partial charge in [-0.15, -0.1) is 0 Å². The molecule has 0 aromatic heterocycles. The third kappa shape index (κ3) is 1.96. The van der Waals surface area contributed by atoms with Crippen LogP contribution in [0.4, 0.5) is 4.79 Å². The van der Waals surface area contributed by atoms with Crippen LogP contribution in [0.2, 0.25) is 0 Å². The SMILES string of the molecule is CC(C)CC(=O)N1CCNC1=O. The molecule has 4 heteroatoms. The van der Waals surface area contributed by atoms with Crippen LogP contribution in [-0.4, -0.2) is 29.9 Å². The van der Waals surface area contributed by atoms with Crippen molar-refractivity contribution in [2.75, 3.05) is 13.1 Å². The molecule has 0 radical (unpaired) electrons. The summed E-state index contributed by atoms with van der Waals surface area (Å²) in [5.41, 5.74) is 0. The van der Waals surface area contributed by atoms with Gasteiger partial charge >= 0.3 is 6.03 Å². The largest absolute Gasteiger partial charge is 0.336 e. The maximum atomic E-state index is 11.3. The molecular formula is C8H14N2O2. The number of hydrogen-bond acceptors (Lipinski definition) is 2. The average Bonchev–Trinajstić information content (AvgIpc) is 2.33. The Bertz CT molecular complexity index is 201. The number of amides is 3. The second-order valence-corrected chi connectivity index (χ2v) is 3.38. The van der Waals surface area contributed by atoms with E-state index < -0.39 is 0 Å². The van der Waals surface area contributed by atoms with Crippen molar-refractivity contribution in [2.45, 2.75) is 20.3 Å². The van der Waals surface area contributed by atoms with Gasteiger partial charge in [0.1, 0.15) is 0 Å².